The molecule has 0 spiro atoms. The lowest BCUT2D eigenvalue weighted by Gasteiger charge is -2.25. The Kier molecular flexibility index (Phi) is 4.72. The van der Waals surface area contributed by atoms with Gasteiger partial charge in [0.1, 0.15) is 11.7 Å². The smallest absolute Gasteiger partial charge is 0.139 e. The number of halogens is 1. The Bertz CT molecular complexity index is 399. The van der Waals surface area contributed by atoms with Crippen LogP contribution in [0.15, 0.2) is 18.3 Å². The number of nitrogens with one attached hydrogen (secondary N) is 1. The molecule has 0 amide bonds. The topological polar surface area (TPSA) is 86.2 Å². The highest BCUT2D eigenvalue weighted by Gasteiger charge is 2.26. The fourth-order valence-electron chi connectivity index (χ4n) is 2.14. The van der Waals surface area contributed by atoms with Crippen LogP contribution in [0.25, 0.3) is 0 Å². The quantitative estimate of drug-likeness (QED) is 0.550. The summed E-state index contributed by atoms with van der Waals surface area (Å²) in [6, 6.07) is 3.66. The summed E-state index contributed by atoms with van der Waals surface area (Å²) >= 11 is 0. The van der Waals surface area contributed by atoms with Crippen LogP contribution < -0.4 is 10.6 Å². The van der Waals surface area contributed by atoms with E-state index >= 15 is 0 Å². The normalized spacial score (nSPS) is 18.9. The van der Waals surface area contributed by atoms with E-state index in [9.17, 15) is 5.11 Å². The fraction of sp³-hybridized carbons (Fsp3) is 0.455. The van der Waals surface area contributed by atoms with E-state index in [1.165, 1.54) is 0 Å². The van der Waals surface area contributed by atoms with Crippen LogP contribution in [0.5, 0.6) is 0 Å². The maximum atomic E-state index is 9.27. The summed E-state index contributed by atoms with van der Waals surface area (Å²) in [5.41, 5.74) is 6.16. The Morgan fingerprint density at radius 3 is 3.06 bits per heavy atom. The third kappa shape index (κ3) is 2.68. The first-order valence-electron chi connectivity index (χ1n) is 5.41. The first kappa shape index (κ1) is 13.7. The van der Waals surface area contributed by atoms with Gasteiger partial charge in [-0.05, 0) is 25.0 Å². The van der Waals surface area contributed by atoms with Gasteiger partial charge in [0.25, 0.3) is 0 Å². The monoisotopic (exact) mass is 256 g/mol. The molecule has 1 aromatic rings. The van der Waals surface area contributed by atoms with Crippen molar-refractivity contribution in [3.8, 4) is 0 Å². The molecule has 2 heterocycles. The van der Waals surface area contributed by atoms with Crippen LogP contribution in [0.3, 0.4) is 0 Å². The third-order valence-corrected chi connectivity index (χ3v) is 2.94. The van der Waals surface area contributed by atoms with Crippen molar-refractivity contribution in [2.75, 3.05) is 18.1 Å². The van der Waals surface area contributed by atoms with Crippen LogP contribution in [-0.2, 0) is 0 Å². The highest BCUT2D eigenvalue weighted by Crippen LogP contribution is 2.26. The van der Waals surface area contributed by atoms with Gasteiger partial charge in [-0.1, -0.05) is 0 Å². The Morgan fingerprint density at radius 1 is 1.65 bits per heavy atom. The van der Waals surface area contributed by atoms with Crippen molar-refractivity contribution >= 4 is 24.1 Å². The molecule has 0 aromatic carbocycles. The minimum absolute atomic E-state index is 0. The van der Waals surface area contributed by atoms with Crippen molar-refractivity contribution in [2.45, 2.75) is 18.9 Å². The lowest BCUT2D eigenvalue weighted by Crippen LogP contribution is -2.34. The highest BCUT2D eigenvalue weighted by molar-refractivity contribution is 5.99. The Morgan fingerprint density at radius 2 is 2.41 bits per heavy atom. The zero-order chi connectivity index (χ0) is 11.5. The lowest BCUT2D eigenvalue weighted by molar-refractivity contribution is 0.266. The second-order valence-electron chi connectivity index (χ2n) is 3.96. The van der Waals surface area contributed by atoms with Gasteiger partial charge in [-0.3, -0.25) is 5.41 Å². The molecule has 0 bridgehead atoms. The van der Waals surface area contributed by atoms with Crippen LogP contribution >= 0.6 is 12.4 Å². The number of nitrogens with zero attached hydrogens (tertiary/aromatic N) is 2. The Balaban J connectivity index is 0.00000144. The number of anilines is 1. The zero-order valence-corrected chi connectivity index (χ0v) is 10.3. The van der Waals surface area contributed by atoms with E-state index in [2.05, 4.69) is 4.98 Å². The summed E-state index contributed by atoms with van der Waals surface area (Å²) in [5.74, 6) is 0.734. The van der Waals surface area contributed by atoms with Gasteiger partial charge in [-0.15, -0.1) is 12.4 Å². The maximum absolute atomic E-state index is 9.27. The molecule has 1 fully saturated rings. The number of nitrogens with two attached hydrogens (primary N) is 1. The summed E-state index contributed by atoms with van der Waals surface area (Å²) in [6.45, 7) is 0.983. The molecule has 0 radical (unpaired) electrons. The number of hydrogen-bond acceptors (Lipinski definition) is 4. The van der Waals surface area contributed by atoms with E-state index in [0.29, 0.717) is 11.4 Å². The standard InChI is InChI=1S/C11H16N4O.ClH/c12-10(13)9-4-1-5-14-11(9)15-6-2-3-8(15)7-16;/h1,4-5,8,16H,2-3,6-7H2,(H3,12,13);1H. The van der Waals surface area contributed by atoms with Crippen molar-refractivity contribution in [1.29, 1.82) is 5.41 Å². The second-order valence-corrected chi connectivity index (χ2v) is 3.96. The van der Waals surface area contributed by atoms with Crippen molar-refractivity contribution in [3.63, 3.8) is 0 Å². The lowest BCUT2D eigenvalue weighted by atomic mass is 10.2. The van der Waals surface area contributed by atoms with Gasteiger partial charge in [0.05, 0.1) is 18.2 Å². The van der Waals surface area contributed by atoms with Crippen molar-refractivity contribution in [3.05, 3.63) is 23.9 Å². The summed E-state index contributed by atoms with van der Waals surface area (Å²) < 4.78 is 0. The van der Waals surface area contributed by atoms with Gasteiger partial charge < -0.3 is 15.7 Å². The van der Waals surface area contributed by atoms with Crippen LogP contribution in [0.4, 0.5) is 5.82 Å². The predicted molar refractivity (Wildman–Crippen MR) is 70.0 cm³/mol. The Hall–Kier alpha value is -1.33. The van der Waals surface area contributed by atoms with E-state index in [4.69, 9.17) is 11.1 Å². The zero-order valence-electron chi connectivity index (χ0n) is 9.47. The minimum atomic E-state index is 0. The second kappa shape index (κ2) is 5.84. The number of rotatable bonds is 3. The average Bonchev–Trinajstić information content (AvgIpc) is 2.76. The van der Waals surface area contributed by atoms with Crippen LogP contribution in [0.1, 0.15) is 18.4 Å². The van der Waals surface area contributed by atoms with Gasteiger partial charge in [0.15, 0.2) is 0 Å². The van der Waals surface area contributed by atoms with Gasteiger partial charge in [-0.2, -0.15) is 0 Å². The molecule has 0 saturated carbocycles. The van der Waals surface area contributed by atoms with Crippen molar-refractivity contribution < 1.29 is 5.11 Å². The van der Waals surface area contributed by atoms with E-state index < -0.39 is 0 Å². The SMILES string of the molecule is Cl.N=C(N)c1cccnc1N1CCCC1CO. The number of aliphatic hydroxyl groups is 1. The first-order chi connectivity index (χ1) is 7.74. The summed E-state index contributed by atoms with van der Waals surface area (Å²) in [5, 5.41) is 16.8. The minimum Gasteiger partial charge on any atom is -0.394 e. The Labute approximate surface area is 107 Å². The van der Waals surface area contributed by atoms with Crippen LogP contribution in [0.2, 0.25) is 0 Å². The molecule has 2 rings (SSSR count). The van der Waals surface area contributed by atoms with Crippen LogP contribution in [-0.4, -0.2) is 35.1 Å². The molecule has 94 valence electrons. The molecular formula is C11H17ClN4O. The van der Waals surface area contributed by atoms with E-state index in [1.54, 1.807) is 18.3 Å². The van der Waals surface area contributed by atoms with Crippen molar-refractivity contribution in [1.82, 2.24) is 4.98 Å². The van der Waals surface area contributed by atoms with Crippen LogP contribution in [0, 0.1) is 5.41 Å². The molecule has 1 aromatic heterocycles. The molecule has 5 nitrogen and oxygen atoms in total. The molecule has 4 N–H and O–H groups in total. The third-order valence-electron chi connectivity index (χ3n) is 2.94. The molecule has 17 heavy (non-hydrogen) atoms. The van der Waals surface area contributed by atoms with Gasteiger partial charge in [0, 0.05) is 12.7 Å². The molecule has 0 aliphatic carbocycles. The number of aromatic nitrogens is 1. The number of pyridine rings is 1. The largest absolute Gasteiger partial charge is 0.394 e. The van der Waals surface area contributed by atoms with Gasteiger partial charge >= 0.3 is 0 Å². The summed E-state index contributed by atoms with van der Waals surface area (Å²) in [4.78, 5) is 6.31. The highest BCUT2D eigenvalue weighted by atomic mass is 35.5. The number of nitrogen functional groups attached to an aromatic ring is 1. The van der Waals surface area contributed by atoms with Crippen molar-refractivity contribution in [2.24, 2.45) is 5.73 Å². The number of amidine groups is 1. The van der Waals surface area contributed by atoms with Gasteiger partial charge in [0.2, 0.25) is 0 Å². The maximum Gasteiger partial charge on any atom is 0.139 e. The molecule has 1 aliphatic heterocycles. The first-order valence-corrected chi connectivity index (χ1v) is 5.41. The molecule has 1 unspecified atom stereocenters. The molecule has 1 aliphatic rings. The van der Waals surface area contributed by atoms with E-state index in [-0.39, 0.29) is 30.9 Å². The molecule has 1 atom stereocenters. The summed E-state index contributed by atoms with van der Waals surface area (Å²) in [7, 11) is 0. The molecular weight excluding hydrogens is 240 g/mol. The number of hydrogen-bond donors (Lipinski definition) is 3. The predicted octanol–water partition coefficient (Wildman–Crippen LogP) is 0.749. The number of aliphatic hydroxyl groups excluding tert-OH is 1. The average molecular weight is 257 g/mol. The molecule has 1 saturated heterocycles. The van der Waals surface area contributed by atoms with E-state index in [0.717, 1.165) is 19.4 Å². The van der Waals surface area contributed by atoms with Gasteiger partial charge in [-0.25, -0.2) is 4.98 Å². The summed E-state index contributed by atoms with van der Waals surface area (Å²) in [6.07, 6.45) is 3.69. The molecule has 6 heteroatoms. The van der Waals surface area contributed by atoms with E-state index in [1.807, 2.05) is 4.90 Å². The fourth-order valence-corrected chi connectivity index (χ4v) is 2.14.